The van der Waals surface area contributed by atoms with E-state index in [1.807, 2.05) is 30.3 Å². The molecule has 1 atom stereocenters. The Kier molecular flexibility index (Phi) is 3.31. The maximum absolute atomic E-state index is 8.67. The fourth-order valence-corrected chi connectivity index (χ4v) is 1.06. The second-order valence-electron chi connectivity index (χ2n) is 2.66. The molecule has 62 valence electrons. The molecule has 0 heterocycles. The third-order valence-electron chi connectivity index (χ3n) is 1.79. The van der Waals surface area contributed by atoms with Crippen molar-refractivity contribution in [2.45, 2.75) is 12.5 Å². The van der Waals surface area contributed by atoms with E-state index in [-0.39, 0.29) is 6.04 Å². The van der Waals surface area contributed by atoms with Gasteiger partial charge in [0.05, 0.1) is 12.1 Å². The van der Waals surface area contributed by atoms with Gasteiger partial charge >= 0.3 is 0 Å². The van der Waals surface area contributed by atoms with E-state index in [1.54, 1.807) is 7.05 Å². The van der Waals surface area contributed by atoms with Gasteiger partial charge in [-0.05, 0) is 12.6 Å². The molecule has 0 saturated carbocycles. The molecule has 0 radical (unpaired) electrons. The zero-order chi connectivity index (χ0) is 8.81. The summed E-state index contributed by atoms with van der Waals surface area (Å²) >= 11 is 0. The Labute approximate surface area is 72.8 Å². The lowest BCUT2D eigenvalue weighted by Gasteiger charge is -2.06. The average Bonchev–Trinajstić information content (AvgIpc) is 2.16. The Hall–Kier alpha value is -1.33. The Morgan fingerprint density at radius 3 is 2.58 bits per heavy atom. The van der Waals surface area contributed by atoms with Gasteiger partial charge < -0.3 is 5.32 Å². The van der Waals surface area contributed by atoms with Gasteiger partial charge in [0.1, 0.15) is 0 Å². The Morgan fingerprint density at radius 1 is 1.42 bits per heavy atom. The van der Waals surface area contributed by atoms with Crippen LogP contribution in [0.15, 0.2) is 30.3 Å². The van der Waals surface area contributed by atoms with E-state index in [0.29, 0.717) is 0 Å². The minimum Gasteiger partial charge on any atom is -0.305 e. The molecular formula is C10H12N2. The number of nitriles is 1. The van der Waals surface area contributed by atoms with Crippen molar-refractivity contribution in [3.05, 3.63) is 35.9 Å². The highest BCUT2D eigenvalue weighted by molar-refractivity contribution is 5.17. The normalized spacial score (nSPS) is 12.0. The van der Waals surface area contributed by atoms with Crippen molar-refractivity contribution in [3.63, 3.8) is 0 Å². The SMILES string of the molecule is CN[C@@H](C#N)Cc1ccccc1. The van der Waals surface area contributed by atoms with Gasteiger partial charge in [0.2, 0.25) is 0 Å². The van der Waals surface area contributed by atoms with Crippen LogP contribution in [0.3, 0.4) is 0 Å². The van der Waals surface area contributed by atoms with Crippen LogP contribution >= 0.6 is 0 Å². The third-order valence-corrected chi connectivity index (χ3v) is 1.79. The van der Waals surface area contributed by atoms with Crippen molar-refractivity contribution in [2.75, 3.05) is 7.05 Å². The number of nitrogens with zero attached hydrogens (tertiary/aromatic N) is 1. The fraction of sp³-hybridized carbons (Fsp3) is 0.300. The van der Waals surface area contributed by atoms with Crippen LogP contribution < -0.4 is 5.32 Å². The lowest BCUT2D eigenvalue weighted by Crippen LogP contribution is -2.25. The third kappa shape index (κ3) is 2.37. The summed E-state index contributed by atoms with van der Waals surface area (Å²) in [4.78, 5) is 0. The van der Waals surface area contributed by atoms with Crippen LogP contribution in [0.25, 0.3) is 0 Å². The van der Waals surface area contributed by atoms with Crippen molar-refractivity contribution < 1.29 is 0 Å². The van der Waals surface area contributed by atoms with Crippen LogP contribution in [0, 0.1) is 11.3 Å². The predicted molar refractivity (Wildman–Crippen MR) is 48.6 cm³/mol. The maximum atomic E-state index is 8.67. The quantitative estimate of drug-likeness (QED) is 0.724. The van der Waals surface area contributed by atoms with Crippen LogP contribution in [-0.2, 0) is 6.42 Å². The van der Waals surface area contributed by atoms with Crippen molar-refractivity contribution >= 4 is 0 Å². The standard InChI is InChI=1S/C10H12N2/c1-12-10(8-11)7-9-5-3-2-4-6-9/h2-6,10,12H,7H2,1H3/t10-/m1/s1. The zero-order valence-corrected chi connectivity index (χ0v) is 7.12. The Morgan fingerprint density at radius 2 is 2.08 bits per heavy atom. The fourth-order valence-electron chi connectivity index (χ4n) is 1.06. The molecule has 0 aromatic heterocycles. The largest absolute Gasteiger partial charge is 0.305 e. The molecule has 1 N–H and O–H groups in total. The van der Waals surface area contributed by atoms with Crippen LogP contribution in [-0.4, -0.2) is 13.1 Å². The van der Waals surface area contributed by atoms with Gasteiger partial charge in [-0.25, -0.2) is 0 Å². The topological polar surface area (TPSA) is 35.8 Å². The predicted octanol–water partition coefficient (Wildman–Crippen LogP) is 1.34. The summed E-state index contributed by atoms with van der Waals surface area (Å²) in [6.07, 6.45) is 0.772. The molecule has 0 amide bonds. The minimum atomic E-state index is -0.0765. The van der Waals surface area contributed by atoms with Crippen LogP contribution in [0.2, 0.25) is 0 Å². The number of hydrogen-bond donors (Lipinski definition) is 1. The van der Waals surface area contributed by atoms with E-state index >= 15 is 0 Å². The molecule has 1 rings (SSSR count). The van der Waals surface area contributed by atoms with E-state index in [9.17, 15) is 0 Å². The summed E-state index contributed by atoms with van der Waals surface area (Å²) in [5.41, 5.74) is 1.19. The number of likely N-dealkylation sites (N-methyl/N-ethyl adjacent to an activating group) is 1. The molecule has 0 fully saturated rings. The summed E-state index contributed by atoms with van der Waals surface area (Å²) in [6.45, 7) is 0. The lowest BCUT2D eigenvalue weighted by molar-refractivity contribution is 0.675. The van der Waals surface area contributed by atoms with E-state index in [4.69, 9.17) is 5.26 Å². The van der Waals surface area contributed by atoms with Crippen molar-refractivity contribution in [1.29, 1.82) is 5.26 Å². The lowest BCUT2D eigenvalue weighted by atomic mass is 10.1. The second-order valence-corrected chi connectivity index (χ2v) is 2.66. The highest BCUT2D eigenvalue weighted by Crippen LogP contribution is 2.01. The molecule has 1 aromatic carbocycles. The first-order valence-corrected chi connectivity index (χ1v) is 3.97. The van der Waals surface area contributed by atoms with Gasteiger partial charge in [0.25, 0.3) is 0 Å². The minimum absolute atomic E-state index is 0.0765. The van der Waals surface area contributed by atoms with E-state index in [1.165, 1.54) is 5.56 Å². The van der Waals surface area contributed by atoms with Crippen LogP contribution in [0.4, 0.5) is 0 Å². The summed E-state index contributed by atoms with van der Waals surface area (Å²) in [5, 5.41) is 11.6. The van der Waals surface area contributed by atoms with Gasteiger partial charge in [-0.1, -0.05) is 30.3 Å². The molecule has 0 aliphatic carbocycles. The van der Waals surface area contributed by atoms with Crippen molar-refractivity contribution in [1.82, 2.24) is 5.32 Å². The summed E-state index contributed by atoms with van der Waals surface area (Å²) in [5.74, 6) is 0. The van der Waals surface area contributed by atoms with E-state index in [2.05, 4.69) is 11.4 Å². The van der Waals surface area contributed by atoms with Gasteiger partial charge in [0.15, 0.2) is 0 Å². The first kappa shape index (κ1) is 8.76. The molecule has 2 nitrogen and oxygen atoms in total. The summed E-state index contributed by atoms with van der Waals surface area (Å²) < 4.78 is 0. The molecule has 0 aliphatic rings. The van der Waals surface area contributed by atoms with Gasteiger partial charge in [0, 0.05) is 6.42 Å². The maximum Gasteiger partial charge on any atom is 0.0991 e. The Bertz CT molecular complexity index is 261. The molecule has 0 bridgehead atoms. The van der Waals surface area contributed by atoms with Gasteiger partial charge in [-0.3, -0.25) is 0 Å². The van der Waals surface area contributed by atoms with Gasteiger partial charge in [-0.2, -0.15) is 5.26 Å². The van der Waals surface area contributed by atoms with Crippen LogP contribution in [0.1, 0.15) is 5.56 Å². The first-order valence-electron chi connectivity index (χ1n) is 3.97. The highest BCUT2D eigenvalue weighted by Gasteiger charge is 2.03. The zero-order valence-electron chi connectivity index (χ0n) is 7.12. The molecule has 0 spiro atoms. The number of rotatable bonds is 3. The molecule has 1 aromatic rings. The molecule has 0 unspecified atom stereocenters. The highest BCUT2D eigenvalue weighted by atomic mass is 14.9. The van der Waals surface area contributed by atoms with Gasteiger partial charge in [-0.15, -0.1) is 0 Å². The molecular weight excluding hydrogens is 148 g/mol. The number of nitrogens with one attached hydrogen (secondary N) is 1. The average molecular weight is 160 g/mol. The van der Waals surface area contributed by atoms with E-state index < -0.39 is 0 Å². The summed E-state index contributed by atoms with van der Waals surface area (Å²) in [6, 6.07) is 12.1. The van der Waals surface area contributed by atoms with Crippen molar-refractivity contribution in [2.24, 2.45) is 0 Å². The smallest absolute Gasteiger partial charge is 0.0991 e. The summed E-state index contributed by atoms with van der Waals surface area (Å²) in [7, 11) is 1.80. The number of benzene rings is 1. The number of hydrogen-bond acceptors (Lipinski definition) is 2. The molecule has 0 saturated heterocycles. The molecule has 12 heavy (non-hydrogen) atoms. The first-order chi connectivity index (χ1) is 5.86. The molecule has 0 aliphatic heterocycles. The van der Waals surface area contributed by atoms with Crippen molar-refractivity contribution in [3.8, 4) is 6.07 Å². The Balaban J connectivity index is 2.58. The molecule has 2 heteroatoms. The second kappa shape index (κ2) is 4.53. The van der Waals surface area contributed by atoms with E-state index in [0.717, 1.165) is 6.42 Å². The monoisotopic (exact) mass is 160 g/mol. The van der Waals surface area contributed by atoms with Crippen LogP contribution in [0.5, 0.6) is 0 Å².